The van der Waals surface area contributed by atoms with Gasteiger partial charge in [-0.05, 0) is 63.7 Å². The van der Waals surface area contributed by atoms with Crippen molar-refractivity contribution >= 4 is 21.8 Å². The van der Waals surface area contributed by atoms with Crippen molar-refractivity contribution < 1.29 is 0 Å². The molecule has 150 valence electrons. The molecule has 1 atom stereocenters. The summed E-state index contributed by atoms with van der Waals surface area (Å²) in [5.41, 5.74) is 9.71. The van der Waals surface area contributed by atoms with Gasteiger partial charge >= 0.3 is 0 Å². The van der Waals surface area contributed by atoms with Gasteiger partial charge in [-0.25, -0.2) is 0 Å². The van der Waals surface area contributed by atoms with E-state index in [2.05, 4.69) is 113 Å². The predicted octanol–water partition coefficient (Wildman–Crippen LogP) is 7.08. The second-order valence-corrected chi connectivity index (χ2v) is 8.51. The minimum atomic E-state index is -0.387. The molecule has 1 N–H and O–H groups in total. The van der Waals surface area contributed by atoms with E-state index in [1.54, 1.807) is 0 Å². The molecule has 1 unspecified atom stereocenters. The third-order valence-corrected chi connectivity index (χ3v) is 6.99. The molecule has 0 saturated heterocycles. The van der Waals surface area contributed by atoms with Crippen molar-refractivity contribution in [2.45, 2.75) is 5.41 Å². The van der Waals surface area contributed by atoms with Crippen molar-refractivity contribution in [1.29, 1.82) is 0 Å². The Bertz CT molecular complexity index is 1570. The second kappa shape index (κ2) is 6.41. The Hall–Kier alpha value is -4.17. The first-order valence-electron chi connectivity index (χ1n) is 11.0. The van der Waals surface area contributed by atoms with Gasteiger partial charge in [-0.15, -0.1) is 0 Å². The van der Waals surface area contributed by atoms with E-state index in [0.717, 1.165) is 0 Å². The highest BCUT2D eigenvalue weighted by Gasteiger charge is 2.46. The highest BCUT2D eigenvalue weighted by molar-refractivity contribution is 6.10. The molecule has 2 heterocycles. The van der Waals surface area contributed by atoms with E-state index in [9.17, 15) is 0 Å². The van der Waals surface area contributed by atoms with Crippen LogP contribution in [0.5, 0.6) is 0 Å². The summed E-state index contributed by atoms with van der Waals surface area (Å²) in [7, 11) is 0. The lowest BCUT2D eigenvalue weighted by molar-refractivity contribution is 0.767. The van der Waals surface area contributed by atoms with Crippen molar-refractivity contribution in [2.24, 2.45) is 0 Å². The molecule has 0 fully saturated rings. The standard InChI is InChI=1S/C30H20N2/c1-2-8-20(9-3-1)30(21-14-16-31-17-15-21)26-12-6-4-10-22(26)24-18-25-23-11-5-7-13-28(23)32-29(25)19-27(24)30/h1-19,32H. The summed E-state index contributed by atoms with van der Waals surface area (Å²) >= 11 is 0. The number of fused-ring (bicyclic) bond motifs is 6. The molecule has 0 bridgehead atoms. The van der Waals surface area contributed by atoms with Crippen molar-refractivity contribution in [2.75, 3.05) is 0 Å². The average Bonchev–Trinajstić information content (AvgIpc) is 3.37. The Balaban J connectivity index is 1.69. The molecule has 1 aliphatic rings. The number of aromatic amines is 1. The minimum Gasteiger partial charge on any atom is -0.355 e. The summed E-state index contributed by atoms with van der Waals surface area (Å²) in [4.78, 5) is 7.99. The lowest BCUT2D eigenvalue weighted by Gasteiger charge is -2.33. The van der Waals surface area contributed by atoms with Crippen LogP contribution in [0.25, 0.3) is 32.9 Å². The normalized spacial score (nSPS) is 16.9. The van der Waals surface area contributed by atoms with E-state index < -0.39 is 0 Å². The van der Waals surface area contributed by atoms with Gasteiger partial charge in [0.25, 0.3) is 0 Å². The van der Waals surface area contributed by atoms with E-state index in [0.29, 0.717) is 0 Å². The highest BCUT2D eigenvalue weighted by atomic mass is 14.7. The van der Waals surface area contributed by atoms with Crippen LogP contribution >= 0.6 is 0 Å². The lowest BCUT2D eigenvalue weighted by Crippen LogP contribution is -2.28. The first-order valence-corrected chi connectivity index (χ1v) is 11.0. The predicted molar refractivity (Wildman–Crippen MR) is 131 cm³/mol. The highest BCUT2D eigenvalue weighted by Crippen LogP contribution is 2.56. The largest absolute Gasteiger partial charge is 0.355 e. The zero-order chi connectivity index (χ0) is 21.1. The molecule has 0 radical (unpaired) electrons. The van der Waals surface area contributed by atoms with E-state index in [-0.39, 0.29) is 5.41 Å². The third-order valence-electron chi connectivity index (χ3n) is 6.99. The quantitative estimate of drug-likeness (QED) is 0.325. The molecule has 2 nitrogen and oxygen atoms in total. The van der Waals surface area contributed by atoms with Crippen LogP contribution in [0.1, 0.15) is 22.3 Å². The van der Waals surface area contributed by atoms with Gasteiger partial charge in [-0.2, -0.15) is 0 Å². The van der Waals surface area contributed by atoms with Crippen LogP contribution in [0.2, 0.25) is 0 Å². The summed E-state index contributed by atoms with van der Waals surface area (Å²) in [6, 6.07) is 37.4. The minimum absolute atomic E-state index is 0.387. The van der Waals surface area contributed by atoms with Crippen LogP contribution in [0, 0.1) is 0 Å². The van der Waals surface area contributed by atoms with Crippen molar-refractivity contribution in [3.8, 4) is 11.1 Å². The van der Waals surface area contributed by atoms with Crippen LogP contribution in [0.4, 0.5) is 0 Å². The molecule has 1 aliphatic carbocycles. The van der Waals surface area contributed by atoms with E-state index in [4.69, 9.17) is 0 Å². The number of nitrogens with zero attached hydrogens (tertiary/aromatic N) is 1. The molecule has 4 aromatic carbocycles. The van der Waals surface area contributed by atoms with Gasteiger partial charge < -0.3 is 4.98 Å². The number of para-hydroxylation sites is 1. The number of hydrogen-bond acceptors (Lipinski definition) is 1. The van der Waals surface area contributed by atoms with Gasteiger partial charge in [-0.3, -0.25) is 4.98 Å². The fourth-order valence-corrected chi connectivity index (χ4v) is 5.70. The topological polar surface area (TPSA) is 28.7 Å². The second-order valence-electron chi connectivity index (χ2n) is 8.51. The number of benzene rings is 4. The van der Waals surface area contributed by atoms with Crippen molar-refractivity contribution in [3.05, 3.63) is 138 Å². The van der Waals surface area contributed by atoms with Crippen LogP contribution in [0.15, 0.2) is 116 Å². The Kier molecular flexibility index (Phi) is 3.51. The molecule has 2 heteroatoms. The molecule has 32 heavy (non-hydrogen) atoms. The van der Waals surface area contributed by atoms with Gasteiger partial charge in [-0.1, -0.05) is 72.8 Å². The van der Waals surface area contributed by atoms with Gasteiger partial charge in [0.15, 0.2) is 0 Å². The maximum atomic E-state index is 4.33. The number of aromatic nitrogens is 2. The average molecular weight is 409 g/mol. The summed E-state index contributed by atoms with van der Waals surface area (Å²) in [6.45, 7) is 0. The fraction of sp³-hybridized carbons (Fsp3) is 0.0333. The number of pyridine rings is 1. The SMILES string of the molecule is c1ccc(C2(c3ccncc3)c3ccccc3-c3cc4c(cc32)[nH]c2ccccc24)cc1. The van der Waals surface area contributed by atoms with Gasteiger partial charge in [0.1, 0.15) is 0 Å². The number of hydrogen-bond donors (Lipinski definition) is 1. The molecule has 0 saturated carbocycles. The fourth-order valence-electron chi connectivity index (χ4n) is 5.70. The Morgan fingerprint density at radius 3 is 2.12 bits per heavy atom. The molecule has 7 rings (SSSR count). The summed E-state index contributed by atoms with van der Waals surface area (Å²) in [5.74, 6) is 0. The van der Waals surface area contributed by atoms with Gasteiger partial charge in [0.2, 0.25) is 0 Å². The first-order chi connectivity index (χ1) is 15.9. The zero-order valence-electron chi connectivity index (χ0n) is 17.4. The molecule has 0 spiro atoms. The van der Waals surface area contributed by atoms with Crippen LogP contribution in [-0.2, 0) is 5.41 Å². The first kappa shape index (κ1) is 17.5. The summed E-state index contributed by atoms with van der Waals surface area (Å²) < 4.78 is 0. The Morgan fingerprint density at radius 1 is 0.531 bits per heavy atom. The van der Waals surface area contributed by atoms with E-state index in [1.807, 2.05) is 12.4 Å². The molecule has 0 amide bonds. The Morgan fingerprint density at radius 2 is 1.25 bits per heavy atom. The smallest absolute Gasteiger partial charge is 0.0715 e. The molecule has 0 aliphatic heterocycles. The maximum Gasteiger partial charge on any atom is 0.0715 e. The zero-order valence-corrected chi connectivity index (χ0v) is 17.4. The van der Waals surface area contributed by atoms with E-state index in [1.165, 1.54) is 55.2 Å². The maximum absolute atomic E-state index is 4.33. The number of H-pyrrole nitrogens is 1. The van der Waals surface area contributed by atoms with Crippen LogP contribution < -0.4 is 0 Å². The van der Waals surface area contributed by atoms with Gasteiger partial charge in [0.05, 0.1) is 5.41 Å². The number of rotatable bonds is 2. The summed E-state index contributed by atoms with van der Waals surface area (Å²) in [6.07, 6.45) is 3.81. The van der Waals surface area contributed by atoms with Crippen LogP contribution in [-0.4, -0.2) is 9.97 Å². The number of nitrogens with one attached hydrogen (secondary N) is 1. The van der Waals surface area contributed by atoms with Crippen molar-refractivity contribution in [1.82, 2.24) is 9.97 Å². The Labute approximate surface area is 186 Å². The molecular weight excluding hydrogens is 388 g/mol. The monoisotopic (exact) mass is 408 g/mol. The molecule has 2 aromatic heterocycles. The van der Waals surface area contributed by atoms with Crippen LogP contribution in [0.3, 0.4) is 0 Å². The molecular formula is C30H20N2. The molecule has 6 aromatic rings. The van der Waals surface area contributed by atoms with Gasteiger partial charge in [0, 0.05) is 34.2 Å². The third kappa shape index (κ3) is 2.16. The van der Waals surface area contributed by atoms with E-state index >= 15 is 0 Å². The van der Waals surface area contributed by atoms with Crippen molar-refractivity contribution in [3.63, 3.8) is 0 Å². The lowest BCUT2D eigenvalue weighted by atomic mass is 9.68. The summed E-state index contributed by atoms with van der Waals surface area (Å²) in [5, 5.41) is 2.54.